The van der Waals surface area contributed by atoms with E-state index in [1.165, 1.54) is 0 Å². The summed E-state index contributed by atoms with van der Waals surface area (Å²) in [6, 6.07) is -0.311. The van der Waals surface area contributed by atoms with Crippen molar-refractivity contribution in [3.8, 4) is 0 Å². The summed E-state index contributed by atoms with van der Waals surface area (Å²) in [7, 11) is 0. The number of hydrogen-bond donors (Lipinski definition) is 1. The fraction of sp³-hybridized carbons (Fsp3) is 0.688. The number of rotatable bonds is 3. The monoisotopic (exact) mass is 321 g/mol. The van der Waals surface area contributed by atoms with Crippen LogP contribution in [0.4, 0.5) is 0 Å². The Morgan fingerprint density at radius 2 is 2.27 bits per heavy atom. The molecule has 0 radical (unpaired) electrons. The molecule has 0 aromatic carbocycles. The molecule has 5 nitrogen and oxygen atoms in total. The summed E-state index contributed by atoms with van der Waals surface area (Å²) in [5, 5.41) is 6.07. The van der Waals surface area contributed by atoms with E-state index in [2.05, 4.69) is 24.5 Å². The van der Waals surface area contributed by atoms with Gasteiger partial charge in [-0.3, -0.25) is 9.59 Å². The number of carbonyl (C=O) groups is 2. The number of carbonyl (C=O) groups excluding carboxylic acids is 2. The van der Waals surface area contributed by atoms with Gasteiger partial charge >= 0.3 is 0 Å². The molecule has 1 aromatic heterocycles. The van der Waals surface area contributed by atoms with E-state index in [9.17, 15) is 9.59 Å². The van der Waals surface area contributed by atoms with Crippen LogP contribution in [0, 0.1) is 0 Å². The third kappa shape index (κ3) is 3.16. The number of nitrogens with one attached hydrogen (secondary N) is 1. The molecule has 22 heavy (non-hydrogen) atoms. The Labute approximate surface area is 135 Å². The minimum Gasteiger partial charge on any atom is -0.344 e. The lowest BCUT2D eigenvalue weighted by Gasteiger charge is -2.33. The smallest absolute Gasteiger partial charge is 0.245 e. The number of likely N-dealkylation sites (tertiary alicyclic amines) is 1. The van der Waals surface area contributed by atoms with Crippen LogP contribution in [-0.2, 0) is 9.59 Å². The first kappa shape index (κ1) is 15.5. The zero-order valence-electron chi connectivity index (χ0n) is 13.2. The van der Waals surface area contributed by atoms with Crippen LogP contribution in [0.25, 0.3) is 0 Å². The van der Waals surface area contributed by atoms with E-state index in [0.717, 1.165) is 36.6 Å². The molecule has 1 aromatic rings. The first-order valence-electron chi connectivity index (χ1n) is 8.08. The number of hydrogen-bond acceptors (Lipinski definition) is 4. The molecule has 2 amide bonds. The van der Waals surface area contributed by atoms with Gasteiger partial charge in [0, 0.05) is 30.8 Å². The lowest BCUT2D eigenvalue weighted by molar-refractivity contribution is -0.135. The van der Waals surface area contributed by atoms with Crippen molar-refractivity contribution >= 4 is 23.2 Å². The van der Waals surface area contributed by atoms with Crippen LogP contribution in [0.5, 0.6) is 0 Å². The molecule has 0 unspecified atom stereocenters. The second-order valence-corrected chi connectivity index (χ2v) is 7.44. The molecule has 2 fully saturated rings. The van der Waals surface area contributed by atoms with Gasteiger partial charge in [0.2, 0.25) is 11.8 Å². The van der Waals surface area contributed by atoms with Gasteiger partial charge in [0.1, 0.15) is 6.04 Å². The van der Waals surface area contributed by atoms with Gasteiger partial charge in [-0.2, -0.15) is 0 Å². The van der Waals surface area contributed by atoms with Gasteiger partial charge in [0.15, 0.2) is 0 Å². The molecule has 2 aliphatic heterocycles. The van der Waals surface area contributed by atoms with Gasteiger partial charge in [0.05, 0.1) is 10.7 Å². The molecule has 3 heterocycles. The lowest BCUT2D eigenvalue weighted by Crippen LogP contribution is -2.48. The molecule has 0 bridgehead atoms. The number of aromatic nitrogens is 1. The Hall–Kier alpha value is -1.43. The zero-order chi connectivity index (χ0) is 15.7. The molecule has 0 spiro atoms. The Balaban J connectivity index is 1.65. The van der Waals surface area contributed by atoms with E-state index >= 15 is 0 Å². The normalized spacial score (nSPS) is 25.6. The first-order valence-corrected chi connectivity index (χ1v) is 8.96. The Morgan fingerprint density at radius 1 is 1.45 bits per heavy atom. The van der Waals surface area contributed by atoms with Crippen molar-refractivity contribution in [2.45, 2.75) is 57.4 Å². The van der Waals surface area contributed by atoms with Crippen molar-refractivity contribution < 1.29 is 9.59 Å². The quantitative estimate of drug-likeness (QED) is 0.929. The van der Waals surface area contributed by atoms with Gasteiger partial charge in [-0.15, -0.1) is 11.3 Å². The van der Waals surface area contributed by atoms with Crippen molar-refractivity contribution in [2.24, 2.45) is 0 Å². The summed E-state index contributed by atoms with van der Waals surface area (Å²) < 4.78 is 0. The fourth-order valence-electron chi connectivity index (χ4n) is 3.15. The summed E-state index contributed by atoms with van der Waals surface area (Å²) >= 11 is 1.71. The molecular weight excluding hydrogens is 298 g/mol. The average Bonchev–Trinajstić information content (AvgIpc) is 3.15. The van der Waals surface area contributed by atoms with Crippen molar-refractivity contribution in [1.29, 1.82) is 0 Å². The van der Waals surface area contributed by atoms with Crippen LogP contribution in [0.3, 0.4) is 0 Å². The summed E-state index contributed by atoms with van der Waals surface area (Å²) in [4.78, 5) is 30.5. The number of nitrogens with zero attached hydrogens (tertiary/aromatic N) is 2. The Kier molecular flexibility index (Phi) is 4.47. The van der Waals surface area contributed by atoms with Crippen LogP contribution in [0.1, 0.15) is 62.1 Å². The second kappa shape index (κ2) is 6.36. The van der Waals surface area contributed by atoms with E-state index in [1.807, 2.05) is 4.90 Å². The molecule has 0 aliphatic carbocycles. The summed E-state index contributed by atoms with van der Waals surface area (Å²) in [6.07, 6.45) is 3.20. The van der Waals surface area contributed by atoms with Crippen LogP contribution < -0.4 is 5.32 Å². The minimum atomic E-state index is -0.311. The molecule has 6 heteroatoms. The van der Waals surface area contributed by atoms with Crippen LogP contribution in [0.2, 0.25) is 0 Å². The molecule has 1 N–H and O–H groups in total. The maximum Gasteiger partial charge on any atom is 0.245 e. The first-order chi connectivity index (χ1) is 10.5. The topological polar surface area (TPSA) is 62.3 Å². The third-order valence-electron chi connectivity index (χ3n) is 4.51. The predicted octanol–water partition coefficient (Wildman–Crippen LogP) is 2.25. The van der Waals surface area contributed by atoms with E-state index < -0.39 is 0 Å². The molecular formula is C16H23N3O2S. The van der Waals surface area contributed by atoms with E-state index in [1.54, 1.807) is 11.3 Å². The summed E-state index contributed by atoms with van der Waals surface area (Å²) in [6.45, 7) is 5.83. The highest BCUT2D eigenvalue weighted by Crippen LogP contribution is 2.31. The van der Waals surface area contributed by atoms with Crippen molar-refractivity contribution in [1.82, 2.24) is 15.2 Å². The van der Waals surface area contributed by atoms with E-state index in [4.69, 9.17) is 4.98 Å². The predicted molar refractivity (Wildman–Crippen MR) is 85.9 cm³/mol. The van der Waals surface area contributed by atoms with Gasteiger partial charge in [0.25, 0.3) is 0 Å². The fourth-order valence-corrected chi connectivity index (χ4v) is 4.26. The highest BCUT2D eigenvalue weighted by Gasteiger charge is 2.34. The minimum absolute atomic E-state index is 0.00610. The van der Waals surface area contributed by atoms with Gasteiger partial charge in [-0.25, -0.2) is 4.98 Å². The Morgan fingerprint density at radius 3 is 2.91 bits per heavy atom. The number of amides is 2. The van der Waals surface area contributed by atoms with Gasteiger partial charge in [-0.1, -0.05) is 13.8 Å². The third-order valence-corrected chi connectivity index (χ3v) is 5.53. The van der Waals surface area contributed by atoms with Crippen LogP contribution in [-0.4, -0.2) is 40.8 Å². The Bertz CT molecular complexity index is 569. The molecule has 2 aliphatic rings. The molecule has 2 atom stereocenters. The van der Waals surface area contributed by atoms with Crippen molar-refractivity contribution in [3.63, 3.8) is 0 Å². The SMILES string of the molecule is CC(C)c1csc([C@@H]2CCCN(C(=O)[C@@H]3CCC(=O)N3)C2)n1. The van der Waals surface area contributed by atoms with Crippen LogP contribution >= 0.6 is 11.3 Å². The molecule has 0 saturated carbocycles. The van der Waals surface area contributed by atoms with E-state index in [-0.39, 0.29) is 17.9 Å². The largest absolute Gasteiger partial charge is 0.344 e. The average molecular weight is 321 g/mol. The van der Waals surface area contributed by atoms with Crippen molar-refractivity contribution in [3.05, 3.63) is 16.1 Å². The maximum absolute atomic E-state index is 12.5. The molecule has 120 valence electrons. The van der Waals surface area contributed by atoms with E-state index in [0.29, 0.717) is 24.7 Å². The maximum atomic E-state index is 12.5. The summed E-state index contributed by atoms with van der Waals surface area (Å²) in [5.74, 6) is 0.858. The summed E-state index contributed by atoms with van der Waals surface area (Å²) in [5.41, 5.74) is 1.14. The molecule has 3 rings (SSSR count). The van der Waals surface area contributed by atoms with Gasteiger partial charge < -0.3 is 10.2 Å². The highest BCUT2D eigenvalue weighted by atomic mass is 32.1. The van der Waals surface area contributed by atoms with Crippen LogP contribution in [0.15, 0.2) is 5.38 Å². The zero-order valence-corrected chi connectivity index (χ0v) is 14.0. The standard InChI is InChI=1S/C16H23N3O2S/c1-10(2)13-9-22-15(18-13)11-4-3-7-19(8-11)16(21)12-5-6-14(20)17-12/h9-12H,3-8H2,1-2H3,(H,17,20)/t11-,12+/m1/s1. The number of piperidine rings is 1. The highest BCUT2D eigenvalue weighted by molar-refractivity contribution is 7.09. The van der Waals surface area contributed by atoms with Gasteiger partial charge in [-0.05, 0) is 25.2 Å². The number of thiazole rings is 1. The molecule has 2 saturated heterocycles. The lowest BCUT2D eigenvalue weighted by atomic mass is 9.97. The second-order valence-electron chi connectivity index (χ2n) is 6.55. The van der Waals surface area contributed by atoms with Crippen molar-refractivity contribution in [2.75, 3.05) is 13.1 Å².